The lowest BCUT2D eigenvalue weighted by Gasteiger charge is -2.36. The van der Waals surface area contributed by atoms with E-state index in [0.717, 1.165) is 57.5 Å². The predicted molar refractivity (Wildman–Crippen MR) is 155 cm³/mol. The van der Waals surface area contributed by atoms with Gasteiger partial charge in [0.15, 0.2) is 0 Å². The summed E-state index contributed by atoms with van der Waals surface area (Å²) in [4.78, 5) is 17.7. The molecular formula is C29H33BrN4O3S. The first-order chi connectivity index (χ1) is 18.4. The number of nitrogens with zero attached hydrogens (tertiary/aromatic N) is 2. The summed E-state index contributed by atoms with van der Waals surface area (Å²) in [6, 6.07) is 20.1. The van der Waals surface area contributed by atoms with E-state index in [1.165, 1.54) is 5.56 Å². The van der Waals surface area contributed by atoms with E-state index in [4.69, 9.17) is 0 Å². The zero-order chi connectivity index (χ0) is 26.7. The number of piperazine rings is 1. The quantitative estimate of drug-likeness (QED) is 0.392. The Morgan fingerprint density at radius 1 is 1.00 bits per heavy atom. The number of carbonyl (C=O) groups is 1. The normalized spacial score (nSPS) is 18.2. The number of carbonyl (C=O) groups excluding carboxylic acids is 1. The van der Waals surface area contributed by atoms with Crippen LogP contribution in [0.2, 0.25) is 0 Å². The highest BCUT2D eigenvalue weighted by Gasteiger charge is 2.30. The molecule has 0 radical (unpaired) electrons. The first-order valence-electron chi connectivity index (χ1n) is 13.1. The van der Waals surface area contributed by atoms with Gasteiger partial charge in [0.1, 0.15) is 4.90 Å². The highest BCUT2D eigenvalue weighted by Crippen LogP contribution is 2.34. The molecule has 1 heterocycles. The van der Waals surface area contributed by atoms with Crippen molar-refractivity contribution in [2.24, 2.45) is 0 Å². The summed E-state index contributed by atoms with van der Waals surface area (Å²) < 4.78 is 31.7. The Morgan fingerprint density at radius 3 is 2.50 bits per heavy atom. The molecule has 200 valence electrons. The molecule has 1 aliphatic carbocycles. The number of hydrogen-bond donors (Lipinski definition) is 2. The maximum absolute atomic E-state index is 14.0. The molecule has 5 rings (SSSR count). The molecule has 1 aliphatic heterocycles. The number of anilines is 2. The highest BCUT2D eigenvalue weighted by molar-refractivity contribution is 9.10. The SMILES string of the molecule is CCN1CCN(c2ccc(NC(=O)c3ccccc3Br)cc2S(=O)(=O)N[C@H]2CCCc3ccccc32)CC1. The molecule has 1 amide bonds. The average Bonchev–Trinajstić information content (AvgIpc) is 2.93. The Labute approximate surface area is 233 Å². The fourth-order valence-electron chi connectivity index (χ4n) is 5.34. The first kappa shape index (κ1) is 26.9. The number of sulfonamides is 1. The Morgan fingerprint density at radius 2 is 1.74 bits per heavy atom. The number of hydrogen-bond acceptors (Lipinski definition) is 5. The molecule has 7 nitrogen and oxygen atoms in total. The predicted octanol–water partition coefficient (Wildman–Crippen LogP) is 5.20. The molecule has 1 saturated heterocycles. The molecule has 1 fully saturated rings. The molecule has 0 spiro atoms. The molecule has 1 atom stereocenters. The summed E-state index contributed by atoms with van der Waals surface area (Å²) in [5.41, 5.74) is 3.81. The number of likely N-dealkylation sites (N-methyl/N-ethyl adjacent to an activating group) is 1. The van der Waals surface area contributed by atoms with E-state index < -0.39 is 10.0 Å². The van der Waals surface area contributed by atoms with Gasteiger partial charge in [0.2, 0.25) is 10.0 Å². The van der Waals surface area contributed by atoms with Crippen LogP contribution >= 0.6 is 15.9 Å². The maximum Gasteiger partial charge on any atom is 0.256 e. The van der Waals surface area contributed by atoms with E-state index in [9.17, 15) is 13.2 Å². The van der Waals surface area contributed by atoms with Crippen LogP contribution in [0, 0.1) is 0 Å². The van der Waals surface area contributed by atoms with Crippen LogP contribution in [0.3, 0.4) is 0 Å². The molecule has 0 saturated carbocycles. The van der Waals surface area contributed by atoms with Crippen molar-refractivity contribution in [3.05, 3.63) is 87.9 Å². The zero-order valence-corrected chi connectivity index (χ0v) is 23.9. The lowest BCUT2D eigenvalue weighted by molar-refractivity contribution is 0.102. The summed E-state index contributed by atoms with van der Waals surface area (Å²) in [5.74, 6) is -0.306. The number of aryl methyl sites for hydroxylation is 1. The van der Waals surface area contributed by atoms with Crippen LogP contribution in [0.25, 0.3) is 0 Å². The second-order valence-electron chi connectivity index (χ2n) is 9.80. The third-order valence-electron chi connectivity index (χ3n) is 7.45. The second kappa shape index (κ2) is 11.6. The van der Waals surface area contributed by atoms with E-state index >= 15 is 0 Å². The summed E-state index contributed by atoms with van der Waals surface area (Å²) in [6.07, 6.45) is 2.63. The van der Waals surface area contributed by atoms with Gasteiger partial charge in [-0.3, -0.25) is 4.79 Å². The third kappa shape index (κ3) is 5.81. The van der Waals surface area contributed by atoms with Crippen LogP contribution in [0.1, 0.15) is 47.3 Å². The largest absolute Gasteiger partial charge is 0.368 e. The molecule has 38 heavy (non-hydrogen) atoms. The molecule has 0 aromatic heterocycles. The summed E-state index contributed by atoms with van der Waals surface area (Å²) in [6.45, 7) is 6.35. The molecule has 2 aliphatic rings. The standard InChI is InChI=1S/C29H33BrN4O3S/c1-2-33-16-18-34(19-17-33)27-15-14-22(31-29(35)24-11-5-6-12-25(24)30)20-28(27)38(36,37)32-26-13-7-9-21-8-3-4-10-23(21)26/h3-6,8,10-12,14-15,20,26,32H,2,7,9,13,16-19H2,1H3,(H,31,35)/t26-/m0/s1. The highest BCUT2D eigenvalue weighted by atomic mass is 79.9. The summed E-state index contributed by atoms with van der Waals surface area (Å²) >= 11 is 3.42. The van der Waals surface area contributed by atoms with Crippen LogP contribution in [-0.4, -0.2) is 51.9 Å². The van der Waals surface area contributed by atoms with Gasteiger partial charge in [0.25, 0.3) is 5.91 Å². The molecule has 0 bridgehead atoms. The summed E-state index contributed by atoms with van der Waals surface area (Å²) in [7, 11) is -3.90. The van der Waals surface area contributed by atoms with Gasteiger partial charge in [0.05, 0.1) is 11.3 Å². The number of halogens is 1. The van der Waals surface area contributed by atoms with Gasteiger partial charge >= 0.3 is 0 Å². The van der Waals surface area contributed by atoms with Crippen LogP contribution in [0.5, 0.6) is 0 Å². The smallest absolute Gasteiger partial charge is 0.256 e. The van der Waals surface area contributed by atoms with Crippen molar-refractivity contribution in [2.45, 2.75) is 37.1 Å². The molecule has 2 N–H and O–H groups in total. The topological polar surface area (TPSA) is 81.8 Å². The van der Waals surface area contributed by atoms with Gasteiger partial charge in [0, 0.05) is 42.4 Å². The Bertz CT molecular complexity index is 1420. The first-order valence-corrected chi connectivity index (χ1v) is 15.4. The van der Waals surface area contributed by atoms with E-state index in [1.54, 1.807) is 30.3 Å². The van der Waals surface area contributed by atoms with Gasteiger partial charge in [-0.2, -0.15) is 0 Å². The van der Waals surface area contributed by atoms with Crippen LogP contribution in [-0.2, 0) is 16.4 Å². The zero-order valence-electron chi connectivity index (χ0n) is 21.5. The fraction of sp³-hybridized carbons (Fsp3) is 0.345. The minimum atomic E-state index is -3.90. The number of benzene rings is 3. The molecule has 3 aromatic rings. The van der Waals surface area contributed by atoms with Crippen LogP contribution in [0.15, 0.2) is 76.1 Å². The summed E-state index contributed by atoms with van der Waals surface area (Å²) in [5, 5.41) is 2.89. The van der Waals surface area contributed by atoms with Gasteiger partial charge in [-0.05, 0) is 83.2 Å². The van der Waals surface area contributed by atoms with E-state index in [0.29, 0.717) is 21.4 Å². The minimum Gasteiger partial charge on any atom is -0.368 e. The lowest BCUT2D eigenvalue weighted by atomic mass is 9.88. The van der Waals surface area contributed by atoms with E-state index in [2.05, 4.69) is 48.8 Å². The van der Waals surface area contributed by atoms with Gasteiger partial charge < -0.3 is 15.1 Å². The van der Waals surface area contributed by atoms with E-state index in [-0.39, 0.29) is 16.8 Å². The third-order valence-corrected chi connectivity index (χ3v) is 9.65. The van der Waals surface area contributed by atoms with E-state index in [1.807, 2.05) is 30.3 Å². The van der Waals surface area contributed by atoms with Crippen molar-refractivity contribution >= 4 is 43.2 Å². The van der Waals surface area contributed by atoms with Crippen molar-refractivity contribution in [2.75, 3.05) is 42.9 Å². The monoisotopic (exact) mass is 596 g/mol. The molecule has 3 aromatic carbocycles. The molecule has 0 unspecified atom stereocenters. The second-order valence-corrected chi connectivity index (χ2v) is 12.3. The number of fused-ring (bicyclic) bond motifs is 1. The fourth-order valence-corrected chi connectivity index (χ4v) is 7.31. The average molecular weight is 598 g/mol. The number of rotatable bonds is 7. The van der Waals surface area contributed by atoms with Crippen LogP contribution in [0.4, 0.5) is 11.4 Å². The Kier molecular flexibility index (Phi) is 8.18. The van der Waals surface area contributed by atoms with Crippen molar-refractivity contribution in [3.8, 4) is 0 Å². The lowest BCUT2D eigenvalue weighted by Crippen LogP contribution is -2.46. The molecular weight excluding hydrogens is 564 g/mol. The Balaban J connectivity index is 1.48. The molecule has 9 heteroatoms. The van der Waals surface area contributed by atoms with Gasteiger partial charge in [-0.25, -0.2) is 13.1 Å². The van der Waals surface area contributed by atoms with Crippen molar-refractivity contribution in [1.29, 1.82) is 0 Å². The number of nitrogens with one attached hydrogen (secondary N) is 2. The Hall–Kier alpha value is -2.72. The van der Waals surface area contributed by atoms with Crippen molar-refractivity contribution < 1.29 is 13.2 Å². The van der Waals surface area contributed by atoms with Gasteiger partial charge in [-0.15, -0.1) is 0 Å². The van der Waals surface area contributed by atoms with Crippen molar-refractivity contribution in [1.82, 2.24) is 9.62 Å². The minimum absolute atomic E-state index is 0.190. The van der Waals surface area contributed by atoms with Crippen LogP contribution < -0.4 is 14.9 Å². The maximum atomic E-state index is 14.0. The number of amides is 1. The van der Waals surface area contributed by atoms with Gasteiger partial charge in [-0.1, -0.05) is 43.3 Å². The van der Waals surface area contributed by atoms with Crippen molar-refractivity contribution in [3.63, 3.8) is 0 Å².